The highest BCUT2D eigenvalue weighted by Crippen LogP contribution is 2.34. The fraction of sp³-hybridized carbons (Fsp3) is 0.480. The molecule has 0 radical (unpaired) electrons. The number of nitrogens with zero attached hydrogens (tertiary/aromatic N) is 4. The normalized spacial score (nSPS) is 17.3. The number of pyridine rings is 1. The highest BCUT2D eigenvalue weighted by Gasteiger charge is 2.33. The van der Waals surface area contributed by atoms with E-state index >= 15 is 0 Å². The second-order valence-electron chi connectivity index (χ2n) is 9.14. The van der Waals surface area contributed by atoms with Crippen molar-refractivity contribution >= 4 is 32.8 Å². The Morgan fingerprint density at radius 2 is 1.94 bits per heavy atom. The molecule has 2 aromatic heterocycles. The molecule has 0 saturated carbocycles. The number of alkyl halides is 3. The Hall–Kier alpha value is -2.72. The van der Waals surface area contributed by atoms with Crippen LogP contribution in [0.2, 0.25) is 0 Å². The van der Waals surface area contributed by atoms with E-state index in [0.717, 1.165) is 61.7 Å². The summed E-state index contributed by atoms with van der Waals surface area (Å²) in [5.74, 6) is -0.845. The topological polar surface area (TPSA) is 69.6 Å². The number of aromatic nitrogens is 2. The summed E-state index contributed by atoms with van der Waals surface area (Å²) in [7, 11) is 0. The number of carboxylic acids is 1. The first-order valence-corrected chi connectivity index (χ1v) is 12.6. The zero-order valence-corrected chi connectivity index (χ0v) is 20.6. The molecule has 35 heavy (non-hydrogen) atoms. The Balaban J connectivity index is 1.52. The van der Waals surface area contributed by atoms with Gasteiger partial charge in [0.25, 0.3) is 0 Å². The largest absolute Gasteiger partial charge is 0.481 e. The number of aryl methyl sites for hydroxylation is 1. The number of hydrogen-bond donors (Lipinski definition) is 1. The Bertz CT molecular complexity index is 1200. The predicted molar refractivity (Wildman–Crippen MR) is 131 cm³/mol. The predicted octanol–water partition coefficient (Wildman–Crippen LogP) is 5.53. The first-order valence-electron chi connectivity index (χ1n) is 11.8. The summed E-state index contributed by atoms with van der Waals surface area (Å²) in [5, 5.41) is 9.87. The molecule has 1 fully saturated rings. The van der Waals surface area contributed by atoms with Gasteiger partial charge in [0.15, 0.2) is 5.13 Å². The fourth-order valence-corrected chi connectivity index (χ4v) is 5.70. The lowest BCUT2D eigenvalue weighted by Crippen LogP contribution is -2.53. The SMILES string of the molecule is CCCC[C@H]1CN(Cc2cc(C)cc(CC(=O)O)c2)CCN1c1nc2ccc(C(F)(F)F)nc2s1. The van der Waals surface area contributed by atoms with Crippen LogP contribution in [0.4, 0.5) is 18.3 Å². The minimum absolute atomic E-state index is 0.00325. The molecule has 0 aliphatic carbocycles. The second kappa shape index (κ2) is 10.5. The van der Waals surface area contributed by atoms with Crippen molar-refractivity contribution in [1.29, 1.82) is 0 Å². The number of rotatable bonds is 8. The number of hydrogen-bond acceptors (Lipinski definition) is 6. The highest BCUT2D eigenvalue weighted by atomic mass is 32.1. The molecule has 1 aliphatic rings. The van der Waals surface area contributed by atoms with Gasteiger partial charge in [-0.25, -0.2) is 9.97 Å². The van der Waals surface area contributed by atoms with Gasteiger partial charge in [-0.05, 0) is 36.6 Å². The number of aliphatic carboxylic acids is 1. The van der Waals surface area contributed by atoms with E-state index in [4.69, 9.17) is 5.11 Å². The van der Waals surface area contributed by atoms with Crippen LogP contribution in [0.15, 0.2) is 30.3 Å². The lowest BCUT2D eigenvalue weighted by Gasteiger charge is -2.41. The Morgan fingerprint density at radius 1 is 1.17 bits per heavy atom. The third-order valence-corrected chi connectivity index (χ3v) is 7.20. The van der Waals surface area contributed by atoms with Gasteiger partial charge < -0.3 is 10.0 Å². The minimum atomic E-state index is -4.48. The number of carbonyl (C=O) groups is 1. The zero-order chi connectivity index (χ0) is 25.2. The molecule has 1 aromatic carbocycles. The van der Waals surface area contributed by atoms with Gasteiger partial charge in [-0.1, -0.05) is 54.9 Å². The summed E-state index contributed by atoms with van der Waals surface area (Å²) < 4.78 is 39.3. The molecule has 3 heterocycles. The molecule has 10 heteroatoms. The molecule has 4 rings (SSSR count). The number of thiazole rings is 1. The molecule has 188 valence electrons. The van der Waals surface area contributed by atoms with E-state index in [9.17, 15) is 18.0 Å². The van der Waals surface area contributed by atoms with Crippen LogP contribution in [0.3, 0.4) is 0 Å². The van der Waals surface area contributed by atoms with Crippen molar-refractivity contribution in [2.75, 3.05) is 24.5 Å². The van der Waals surface area contributed by atoms with Gasteiger partial charge in [0.1, 0.15) is 16.0 Å². The van der Waals surface area contributed by atoms with Crippen LogP contribution in [0, 0.1) is 6.92 Å². The van der Waals surface area contributed by atoms with Gasteiger partial charge in [0, 0.05) is 32.2 Å². The Labute approximate surface area is 206 Å². The van der Waals surface area contributed by atoms with Crippen molar-refractivity contribution in [1.82, 2.24) is 14.9 Å². The van der Waals surface area contributed by atoms with Crippen LogP contribution in [0.25, 0.3) is 10.3 Å². The molecule has 0 amide bonds. The van der Waals surface area contributed by atoms with Gasteiger partial charge in [-0.2, -0.15) is 13.2 Å². The number of benzene rings is 1. The van der Waals surface area contributed by atoms with Gasteiger partial charge >= 0.3 is 12.1 Å². The van der Waals surface area contributed by atoms with Crippen LogP contribution >= 0.6 is 11.3 Å². The minimum Gasteiger partial charge on any atom is -0.481 e. The molecule has 0 spiro atoms. The van der Waals surface area contributed by atoms with Crippen molar-refractivity contribution < 1.29 is 23.1 Å². The maximum absolute atomic E-state index is 13.1. The maximum atomic E-state index is 13.1. The molecule has 3 aromatic rings. The van der Waals surface area contributed by atoms with E-state index in [2.05, 4.69) is 32.8 Å². The Morgan fingerprint density at radius 3 is 2.66 bits per heavy atom. The molecular formula is C25H29F3N4O2S. The average molecular weight is 507 g/mol. The van der Waals surface area contributed by atoms with Gasteiger partial charge in [0.2, 0.25) is 0 Å². The molecular weight excluding hydrogens is 477 g/mol. The number of piperazine rings is 1. The van der Waals surface area contributed by atoms with E-state index < -0.39 is 17.8 Å². The van der Waals surface area contributed by atoms with Crippen LogP contribution < -0.4 is 4.90 Å². The number of anilines is 1. The van der Waals surface area contributed by atoms with E-state index in [1.165, 1.54) is 17.4 Å². The summed E-state index contributed by atoms with van der Waals surface area (Å²) in [6.07, 6.45) is -1.42. The molecule has 1 saturated heterocycles. The quantitative estimate of drug-likeness (QED) is 0.434. The first kappa shape index (κ1) is 25.4. The van der Waals surface area contributed by atoms with Crippen molar-refractivity contribution in [3.8, 4) is 0 Å². The van der Waals surface area contributed by atoms with Crippen molar-refractivity contribution in [2.24, 2.45) is 0 Å². The fourth-order valence-electron chi connectivity index (χ4n) is 4.66. The van der Waals surface area contributed by atoms with Crippen LogP contribution in [-0.4, -0.2) is 51.6 Å². The molecule has 0 unspecified atom stereocenters. The summed E-state index contributed by atoms with van der Waals surface area (Å²) in [5.41, 5.74) is 2.52. The molecule has 6 nitrogen and oxygen atoms in total. The zero-order valence-electron chi connectivity index (χ0n) is 19.8. The number of carboxylic acid groups (broad SMARTS) is 1. The molecule has 1 N–H and O–H groups in total. The van der Waals surface area contributed by atoms with Gasteiger partial charge in [0.05, 0.1) is 6.42 Å². The molecule has 1 aliphatic heterocycles. The average Bonchev–Trinajstić information content (AvgIpc) is 3.19. The van der Waals surface area contributed by atoms with Crippen LogP contribution in [0.1, 0.15) is 48.6 Å². The third kappa shape index (κ3) is 6.29. The van der Waals surface area contributed by atoms with E-state index in [1.54, 1.807) is 0 Å². The number of fused-ring (bicyclic) bond motifs is 1. The second-order valence-corrected chi connectivity index (χ2v) is 10.1. The standard InChI is InChI=1S/C25H29F3N4O2S/c1-3-4-5-19-15-31(14-18-11-16(2)10-17(12-18)13-22(33)34)8-9-32(19)24-29-20-6-7-21(25(26,27)28)30-23(20)35-24/h6-7,10-12,19H,3-5,8-9,13-15H2,1-2H3,(H,33,34)/t19-/m0/s1. The summed E-state index contributed by atoms with van der Waals surface area (Å²) in [6.45, 7) is 7.14. The van der Waals surface area contributed by atoms with Gasteiger partial charge in [-0.3, -0.25) is 9.69 Å². The third-order valence-electron chi connectivity index (χ3n) is 6.20. The lowest BCUT2D eigenvalue weighted by molar-refractivity contribution is -0.141. The Kier molecular flexibility index (Phi) is 7.61. The van der Waals surface area contributed by atoms with E-state index in [1.807, 2.05) is 19.1 Å². The molecule has 0 bridgehead atoms. The van der Waals surface area contributed by atoms with Crippen molar-refractivity contribution in [3.63, 3.8) is 0 Å². The highest BCUT2D eigenvalue weighted by molar-refractivity contribution is 7.21. The van der Waals surface area contributed by atoms with Crippen molar-refractivity contribution in [2.45, 2.75) is 58.3 Å². The van der Waals surface area contributed by atoms with Crippen LogP contribution in [-0.2, 0) is 23.9 Å². The first-order chi connectivity index (χ1) is 16.6. The monoisotopic (exact) mass is 506 g/mol. The molecule has 1 atom stereocenters. The lowest BCUT2D eigenvalue weighted by atomic mass is 10.0. The number of unbranched alkanes of at least 4 members (excludes halogenated alkanes) is 1. The maximum Gasteiger partial charge on any atom is 0.433 e. The van der Waals surface area contributed by atoms with Crippen molar-refractivity contribution in [3.05, 3.63) is 52.7 Å². The summed E-state index contributed by atoms with van der Waals surface area (Å²) in [6, 6.07) is 8.54. The smallest absolute Gasteiger partial charge is 0.433 e. The van der Waals surface area contributed by atoms with Gasteiger partial charge in [-0.15, -0.1) is 0 Å². The van der Waals surface area contributed by atoms with E-state index in [0.29, 0.717) is 22.0 Å². The van der Waals surface area contributed by atoms with E-state index in [-0.39, 0.29) is 12.5 Å². The summed E-state index contributed by atoms with van der Waals surface area (Å²) >= 11 is 1.22. The summed E-state index contributed by atoms with van der Waals surface area (Å²) in [4.78, 5) is 24.5. The van der Waals surface area contributed by atoms with Crippen LogP contribution in [0.5, 0.6) is 0 Å². The number of halogens is 3.